The summed E-state index contributed by atoms with van der Waals surface area (Å²) in [5.41, 5.74) is 0.950. The van der Waals surface area contributed by atoms with Crippen LogP contribution in [0.3, 0.4) is 0 Å². The molecule has 0 aromatic heterocycles. The van der Waals surface area contributed by atoms with Gasteiger partial charge in [-0.3, -0.25) is 0 Å². The van der Waals surface area contributed by atoms with Crippen molar-refractivity contribution in [1.82, 2.24) is 0 Å². The van der Waals surface area contributed by atoms with Gasteiger partial charge in [0, 0.05) is 6.08 Å². The first-order chi connectivity index (χ1) is 14.7. The number of halogens is 2. The standard InChI is InChI=1S/C27H33F2N/c28-26-18-17-25(20-27(26)29)24-15-13-23(14-16-24)12-11-22-9-7-21(8-10-22)6-4-2-1-3-5-19-30/h1-3,5,11-12,17-18,20-24H,4,6-10,13-16H2/b2-1?,5-3?,12-11+. The quantitative estimate of drug-likeness (QED) is 0.254. The Hall–Kier alpha value is -2.21. The minimum atomic E-state index is -0.755. The number of allylic oxidation sites excluding steroid dienone is 6. The van der Waals surface area contributed by atoms with Crippen LogP contribution in [0.5, 0.6) is 0 Å². The van der Waals surface area contributed by atoms with E-state index in [-0.39, 0.29) is 0 Å². The van der Waals surface area contributed by atoms with Crippen molar-refractivity contribution in [3.63, 3.8) is 0 Å². The Kier molecular flexibility index (Phi) is 8.87. The molecule has 1 nitrogen and oxygen atoms in total. The summed E-state index contributed by atoms with van der Waals surface area (Å²) in [6, 6.07) is 6.39. The van der Waals surface area contributed by atoms with Crippen molar-refractivity contribution in [2.24, 2.45) is 17.8 Å². The molecule has 2 aliphatic rings. The third-order valence-electron chi connectivity index (χ3n) is 6.89. The van der Waals surface area contributed by atoms with E-state index >= 15 is 0 Å². The molecule has 2 saturated carbocycles. The molecule has 0 N–H and O–H groups in total. The van der Waals surface area contributed by atoms with E-state index in [1.54, 1.807) is 12.1 Å². The number of benzene rings is 1. The first-order valence-corrected chi connectivity index (χ1v) is 11.5. The van der Waals surface area contributed by atoms with Crippen LogP contribution in [-0.4, -0.2) is 0 Å². The van der Waals surface area contributed by atoms with Gasteiger partial charge in [-0.05, 0) is 106 Å². The molecule has 3 heteroatoms. The second kappa shape index (κ2) is 11.8. The highest BCUT2D eigenvalue weighted by Gasteiger charge is 2.23. The molecule has 0 amide bonds. The van der Waals surface area contributed by atoms with Gasteiger partial charge in [-0.15, -0.1) is 0 Å². The van der Waals surface area contributed by atoms with Crippen molar-refractivity contribution >= 4 is 0 Å². The average molecular weight is 410 g/mol. The van der Waals surface area contributed by atoms with Gasteiger partial charge in [0.2, 0.25) is 0 Å². The predicted octanol–water partition coefficient (Wildman–Crippen LogP) is 8.02. The minimum absolute atomic E-state index is 0.365. The number of nitriles is 1. The highest BCUT2D eigenvalue weighted by Crippen LogP contribution is 2.38. The summed E-state index contributed by atoms with van der Waals surface area (Å²) in [4.78, 5) is 0. The highest BCUT2D eigenvalue weighted by atomic mass is 19.2. The van der Waals surface area contributed by atoms with Crippen LogP contribution in [0.2, 0.25) is 0 Å². The van der Waals surface area contributed by atoms with Crippen LogP contribution in [0.15, 0.2) is 54.7 Å². The Bertz CT molecular complexity index is 786. The van der Waals surface area contributed by atoms with Crippen molar-refractivity contribution < 1.29 is 8.78 Å². The monoisotopic (exact) mass is 409 g/mol. The SMILES string of the molecule is N#CC=CC=CCCC1CCC(/C=C/C2CCC(c3ccc(F)c(F)c3)CC2)CC1. The molecular weight excluding hydrogens is 376 g/mol. The normalized spacial score (nSPS) is 27.8. The molecule has 0 spiro atoms. The van der Waals surface area contributed by atoms with Gasteiger partial charge in [-0.2, -0.15) is 5.26 Å². The predicted molar refractivity (Wildman–Crippen MR) is 119 cm³/mol. The Balaban J connectivity index is 1.34. The lowest BCUT2D eigenvalue weighted by molar-refractivity contribution is 0.295. The second-order valence-electron chi connectivity index (χ2n) is 8.94. The van der Waals surface area contributed by atoms with E-state index in [2.05, 4.69) is 18.2 Å². The lowest BCUT2D eigenvalue weighted by Gasteiger charge is -2.29. The van der Waals surface area contributed by atoms with Gasteiger partial charge in [-0.25, -0.2) is 8.78 Å². The fourth-order valence-electron chi connectivity index (χ4n) is 5.00. The number of rotatable bonds is 7. The van der Waals surface area contributed by atoms with Crippen LogP contribution >= 0.6 is 0 Å². The van der Waals surface area contributed by atoms with Crippen LogP contribution < -0.4 is 0 Å². The third kappa shape index (κ3) is 6.94. The van der Waals surface area contributed by atoms with E-state index in [1.165, 1.54) is 50.3 Å². The molecule has 0 atom stereocenters. The zero-order chi connectivity index (χ0) is 21.2. The molecule has 0 unspecified atom stereocenters. The Morgan fingerprint density at radius 3 is 2.17 bits per heavy atom. The van der Waals surface area contributed by atoms with Crippen LogP contribution in [0.1, 0.15) is 75.7 Å². The van der Waals surface area contributed by atoms with Gasteiger partial charge in [0.05, 0.1) is 6.07 Å². The average Bonchev–Trinajstić information content (AvgIpc) is 2.78. The first-order valence-electron chi connectivity index (χ1n) is 11.5. The Morgan fingerprint density at radius 1 is 0.867 bits per heavy atom. The smallest absolute Gasteiger partial charge is 0.159 e. The van der Waals surface area contributed by atoms with Gasteiger partial charge < -0.3 is 0 Å². The molecule has 30 heavy (non-hydrogen) atoms. The summed E-state index contributed by atoms with van der Waals surface area (Å²) in [5, 5.41) is 8.45. The molecule has 2 fully saturated rings. The maximum Gasteiger partial charge on any atom is 0.159 e. The van der Waals surface area contributed by atoms with Gasteiger partial charge in [-0.1, -0.05) is 36.4 Å². The number of hydrogen-bond acceptors (Lipinski definition) is 1. The second-order valence-corrected chi connectivity index (χ2v) is 8.94. The molecule has 0 radical (unpaired) electrons. The van der Waals surface area contributed by atoms with Gasteiger partial charge >= 0.3 is 0 Å². The Labute approximate surface area is 180 Å². The lowest BCUT2D eigenvalue weighted by Crippen LogP contribution is -2.14. The molecule has 160 valence electrons. The molecule has 0 aliphatic heterocycles. The highest BCUT2D eigenvalue weighted by molar-refractivity contribution is 5.22. The van der Waals surface area contributed by atoms with Crippen molar-refractivity contribution in [2.45, 2.75) is 70.1 Å². The van der Waals surface area contributed by atoms with E-state index in [9.17, 15) is 8.78 Å². The minimum Gasteiger partial charge on any atom is -0.204 e. The summed E-state index contributed by atoms with van der Waals surface area (Å²) in [5.74, 6) is 1.08. The molecule has 3 rings (SSSR count). The molecule has 2 aliphatic carbocycles. The third-order valence-corrected chi connectivity index (χ3v) is 6.89. The summed E-state index contributed by atoms with van der Waals surface area (Å²) in [7, 11) is 0. The van der Waals surface area contributed by atoms with Gasteiger partial charge in [0.25, 0.3) is 0 Å². The molecule has 0 saturated heterocycles. The van der Waals surface area contributed by atoms with Crippen molar-refractivity contribution in [3.05, 3.63) is 71.9 Å². The van der Waals surface area contributed by atoms with E-state index in [0.29, 0.717) is 11.8 Å². The molecule has 1 aromatic carbocycles. The Morgan fingerprint density at radius 2 is 1.53 bits per heavy atom. The van der Waals surface area contributed by atoms with Crippen molar-refractivity contribution in [2.75, 3.05) is 0 Å². The van der Waals surface area contributed by atoms with E-state index in [4.69, 9.17) is 5.26 Å². The van der Waals surface area contributed by atoms with E-state index < -0.39 is 11.6 Å². The number of nitrogens with zero attached hydrogens (tertiary/aromatic N) is 1. The summed E-state index contributed by atoms with van der Waals surface area (Å²) in [6.45, 7) is 0. The van der Waals surface area contributed by atoms with Crippen LogP contribution in [0.4, 0.5) is 8.78 Å². The molecule has 0 heterocycles. The lowest BCUT2D eigenvalue weighted by atomic mass is 9.77. The topological polar surface area (TPSA) is 23.8 Å². The fourth-order valence-corrected chi connectivity index (χ4v) is 5.00. The zero-order valence-electron chi connectivity index (χ0n) is 17.8. The summed E-state index contributed by atoms with van der Waals surface area (Å²) < 4.78 is 26.6. The van der Waals surface area contributed by atoms with Crippen molar-refractivity contribution in [3.8, 4) is 6.07 Å². The largest absolute Gasteiger partial charge is 0.204 e. The first kappa shape index (κ1) is 22.5. The number of hydrogen-bond donors (Lipinski definition) is 0. The zero-order valence-corrected chi connectivity index (χ0v) is 17.8. The van der Waals surface area contributed by atoms with Crippen LogP contribution in [0, 0.1) is 40.7 Å². The maximum absolute atomic E-state index is 13.5. The van der Waals surface area contributed by atoms with Gasteiger partial charge in [0.1, 0.15) is 0 Å². The van der Waals surface area contributed by atoms with E-state index in [0.717, 1.165) is 49.5 Å². The summed E-state index contributed by atoms with van der Waals surface area (Å²) >= 11 is 0. The van der Waals surface area contributed by atoms with Crippen molar-refractivity contribution in [1.29, 1.82) is 5.26 Å². The van der Waals surface area contributed by atoms with Gasteiger partial charge in [0.15, 0.2) is 11.6 Å². The molecule has 1 aromatic rings. The van der Waals surface area contributed by atoms with Crippen LogP contribution in [-0.2, 0) is 0 Å². The maximum atomic E-state index is 13.5. The molecule has 0 bridgehead atoms. The summed E-state index contributed by atoms with van der Waals surface area (Å²) in [6.07, 6.45) is 24.3. The van der Waals surface area contributed by atoms with Crippen LogP contribution in [0.25, 0.3) is 0 Å². The fraction of sp³-hybridized carbons (Fsp3) is 0.519. The molecular formula is C27H33F2N. The van der Waals surface area contributed by atoms with E-state index in [1.807, 2.05) is 12.1 Å².